The van der Waals surface area contributed by atoms with Crippen LogP contribution in [0.1, 0.15) is 5.56 Å². The number of fused-ring (bicyclic) bond motifs is 1. The van der Waals surface area contributed by atoms with Crippen LogP contribution < -0.4 is 10.4 Å². The van der Waals surface area contributed by atoms with E-state index in [-0.39, 0.29) is 11.5 Å². The van der Waals surface area contributed by atoms with Crippen LogP contribution in [0.25, 0.3) is 11.2 Å². The molecule has 5 nitrogen and oxygen atoms in total. The molecule has 0 radical (unpaired) electrons. The van der Waals surface area contributed by atoms with Crippen molar-refractivity contribution in [2.45, 2.75) is 6.18 Å². The fourth-order valence-electron chi connectivity index (χ4n) is 1.87. The van der Waals surface area contributed by atoms with Gasteiger partial charge in [-0.25, -0.2) is 9.78 Å². The number of nitrogens with zero attached hydrogens (tertiary/aromatic N) is 1. The first-order valence-electron chi connectivity index (χ1n) is 5.85. The first kappa shape index (κ1) is 13.2. The first-order chi connectivity index (χ1) is 9.93. The van der Waals surface area contributed by atoms with Crippen LogP contribution in [-0.4, -0.2) is 15.0 Å². The molecule has 0 saturated carbocycles. The van der Waals surface area contributed by atoms with Gasteiger partial charge in [0.05, 0.1) is 17.3 Å². The lowest BCUT2D eigenvalue weighted by atomic mass is 10.2. The van der Waals surface area contributed by atoms with Crippen molar-refractivity contribution in [3.05, 3.63) is 52.6 Å². The van der Waals surface area contributed by atoms with E-state index >= 15 is 0 Å². The molecule has 0 saturated heterocycles. The standard InChI is InChI=1S/C13H8F3N3O2/c14-13(15,16)8-3-1-2-4-10(8)21-7-5-9-11(17-6-7)19-12(20)18-9/h1-6H,(H2,17,18,19,20). The zero-order valence-electron chi connectivity index (χ0n) is 10.4. The lowest BCUT2D eigenvalue weighted by Gasteiger charge is -2.13. The Kier molecular flexibility index (Phi) is 2.93. The van der Waals surface area contributed by atoms with Gasteiger partial charge in [-0.15, -0.1) is 0 Å². The Bertz CT molecular complexity index is 851. The Labute approximate surface area is 115 Å². The molecule has 2 heterocycles. The van der Waals surface area contributed by atoms with Crippen LogP contribution in [0.4, 0.5) is 13.2 Å². The number of alkyl halides is 3. The summed E-state index contributed by atoms with van der Waals surface area (Å²) in [6.07, 6.45) is -3.28. The largest absolute Gasteiger partial charge is 0.455 e. The number of pyridine rings is 1. The number of nitrogens with one attached hydrogen (secondary N) is 2. The van der Waals surface area contributed by atoms with E-state index in [4.69, 9.17) is 4.74 Å². The van der Waals surface area contributed by atoms with Gasteiger partial charge >= 0.3 is 11.9 Å². The second-order valence-electron chi connectivity index (χ2n) is 4.24. The number of para-hydroxylation sites is 1. The molecule has 0 aliphatic heterocycles. The summed E-state index contributed by atoms with van der Waals surface area (Å²) in [5.74, 6) is -0.238. The van der Waals surface area contributed by atoms with Gasteiger partial charge in [-0.1, -0.05) is 12.1 Å². The van der Waals surface area contributed by atoms with E-state index in [1.807, 2.05) is 0 Å². The second-order valence-corrected chi connectivity index (χ2v) is 4.24. The zero-order valence-corrected chi connectivity index (χ0v) is 10.4. The number of hydrogen-bond donors (Lipinski definition) is 2. The molecule has 1 aromatic carbocycles. The van der Waals surface area contributed by atoms with Crippen molar-refractivity contribution >= 4 is 11.2 Å². The van der Waals surface area contributed by atoms with Crippen molar-refractivity contribution in [3.8, 4) is 11.5 Å². The third-order valence-electron chi connectivity index (χ3n) is 2.76. The third-order valence-corrected chi connectivity index (χ3v) is 2.76. The zero-order chi connectivity index (χ0) is 15.0. The number of benzene rings is 1. The molecule has 0 spiro atoms. The Hall–Kier alpha value is -2.77. The Morgan fingerprint density at radius 3 is 2.67 bits per heavy atom. The van der Waals surface area contributed by atoms with Crippen molar-refractivity contribution in [1.29, 1.82) is 0 Å². The number of hydrogen-bond acceptors (Lipinski definition) is 3. The highest BCUT2D eigenvalue weighted by Crippen LogP contribution is 2.37. The summed E-state index contributed by atoms with van der Waals surface area (Å²) in [6.45, 7) is 0. The van der Waals surface area contributed by atoms with E-state index in [1.165, 1.54) is 30.5 Å². The SMILES string of the molecule is O=c1[nH]c2cc(Oc3ccccc3C(F)(F)F)cnc2[nH]1. The van der Waals surface area contributed by atoms with Gasteiger partial charge in [0.1, 0.15) is 11.5 Å². The van der Waals surface area contributed by atoms with Gasteiger partial charge in [0.15, 0.2) is 5.65 Å². The van der Waals surface area contributed by atoms with Crippen molar-refractivity contribution in [2.24, 2.45) is 0 Å². The number of imidazole rings is 1. The molecule has 0 unspecified atom stereocenters. The van der Waals surface area contributed by atoms with Gasteiger partial charge in [-0.05, 0) is 12.1 Å². The molecule has 3 rings (SSSR count). The van der Waals surface area contributed by atoms with Crippen LogP contribution in [-0.2, 0) is 6.18 Å². The summed E-state index contributed by atoms with van der Waals surface area (Å²) in [5.41, 5.74) is -0.684. The van der Waals surface area contributed by atoms with Gasteiger partial charge in [0.2, 0.25) is 0 Å². The third kappa shape index (κ3) is 2.60. The van der Waals surface area contributed by atoms with Crippen molar-refractivity contribution < 1.29 is 17.9 Å². The minimum Gasteiger partial charge on any atom is -0.455 e. The molecule has 0 amide bonds. The summed E-state index contributed by atoms with van der Waals surface area (Å²) in [7, 11) is 0. The molecule has 2 aromatic heterocycles. The maximum absolute atomic E-state index is 12.9. The quantitative estimate of drug-likeness (QED) is 0.763. The Morgan fingerprint density at radius 2 is 1.90 bits per heavy atom. The number of aromatic nitrogens is 3. The molecule has 21 heavy (non-hydrogen) atoms. The normalized spacial score (nSPS) is 11.8. The van der Waals surface area contributed by atoms with Crippen molar-refractivity contribution in [3.63, 3.8) is 0 Å². The molecular weight excluding hydrogens is 287 g/mol. The predicted octanol–water partition coefficient (Wildman–Crippen LogP) is 3.06. The molecule has 0 bridgehead atoms. The van der Waals surface area contributed by atoms with E-state index in [0.29, 0.717) is 11.2 Å². The Balaban J connectivity index is 2.00. The smallest absolute Gasteiger partial charge is 0.419 e. The monoisotopic (exact) mass is 295 g/mol. The predicted molar refractivity (Wildman–Crippen MR) is 68.2 cm³/mol. The van der Waals surface area contributed by atoms with Gasteiger partial charge in [0, 0.05) is 6.07 Å². The fourth-order valence-corrected chi connectivity index (χ4v) is 1.87. The average Bonchev–Trinajstić information content (AvgIpc) is 2.77. The summed E-state index contributed by atoms with van der Waals surface area (Å²) in [4.78, 5) is 19.9. The fraction of sp³-hybridized carbons (Fsp3) is 0.0769. The average molecular weight is 295 g/mol. The minimum atomic E-state index is -4.52. The van der Waals surface area contributed by atoms with E-state index < -0.39 is 17.4 Å². The maximum Gasteiger partial charge on any atom is 0.419 e. The van der Waals surface area contributed by atoms with E-state index in [0.717, 1.165) is 6.07 Å². The molecule has 0 aliphatic carbocycles. The van der Waals surface area contributed by atoms with E-state index in [2.05, 4.69) is 15.0 Å². The molecule has 0 fully saturated rings. The van der Waals surface area contributed by atoms with Crippen LogP contribution in [0.5, 0.6) is 11.5 Å². The number of ether oxygens (including phenoxy) is 1. The summed E-state index contributed by atoms with van der Waals surface area (Å²) >= 11 is 0. The summed E-state index contributed by atoms with van der Waals surface area (Å²) in [5, 5.41) is 0. The molecule has 0 atom stereocenters. The van der Waals surface area contributed by atoms with Crippen LogP contribution in [0.15, 0.2) is 41.3 Å². The first-order valence-corrected chi connectivity index (χ1v) is 5.85. The van der Waals surface area contributed by atoms with Crippen molar-refractivity contribution in [1.82, 2.24) is 15.0 Å². The molecule has 8 heteroatoms. The highest BCUT2D eigenvalue weighted by atomic mass is 19.4. The highest BCUT2D eigenvalue weighted by molar-refractivity contribution is 5.71. The number of aromatic amines is 2. The van der Waals surface area contributed by atoms with Gasteiger partial charge in [-0.2, -0.15) is 13.2 Å². The number of rotatable bonds is 2. The lowest BCUT2D eigenvalue weighted by Crippen LogP contribution is -2.06. The van der Waals surface area contributed by atoms with E-state index in [9.17, 15) is 18.0 Å². The molecule has 3 aromatic rings. The van der Waals surface area contributed by atoms with Crippen LogP contribution >= 0.6 is 0 Å². The van der Waals surface area contributed by atoms with Crippen LogP contribution in [0, 0.1) is 0 Å². The lowest BCUT2D eigenvalue weighted by molar-refractivity contribution is -0.138. The molecule has 108 valence electrons. The van der Waals surface area contributed by atoms with Gasteiger partial charge in [-0.3, -0.25) is 4.98 Å². The molecule has 0 aliphatic rings. The van der Waals surface area contributed by atoms with Crippen LogP contribution in [0.3, 0.4) is 0 Å². The summed E-state index contributed by atoms with van der Waals surface area (Å²) in [6, 6.07) is 6.26. The van der Waals surface area contributed by atoms with Crippen LogP contribution in [0.2, 0.25) is 0 Å². The number of H-pyrrole nitrogens is 2. The second kappa shape index (κ2) is 4.65. The molecular formula is C13H8F3N3O2. The Morgan fingerprint density at radius 1 is 1.14 bits per heavy atom. The maximum atomic E-state index is 12.9. The van der Waals surface area contributed by atoms with Crippen molar-refractivity contribution in [2.75, 3.05) is 0 Å². The topological polar surface area (TPSA) is 70.8 Å². The summed E-state index contributed by atoms with van der Waals surface area (Å²) < 4.78 is 43.8. The minimum absolute atomic E-state index is 0.0921. The highest BCUT2D eigenvalue weighted by Gasteiger charge is 2.34. The number of halogens is 3. The molecule has 2 N–H and O–H groups in total. The van der Waals surface area contributed by atoms with Gasteiger partial charge < -0.3 is 9.72 Å². The van der Waals surface area contributed by atoms with Gasteiger partial charge in [0.25, 0.3) is 0 Å². The van der Waals surface area contributed by atoms with E-state index in [1.54, 1.807) is 0 Å².